The van der Waals surface area contributed by atoms with Gasteiger partial charge in [-0.05, 0) is 24.3 Å². The number of ketones is 1. The number of alkyl halides is 3. The third-order valence-electron chi connectivity index (χ3n) is 3.51. The van der Waals surface area contributed by atoms with E-state index in [-0.39, 0.29) is 16.6 Å². The SMILES string of the molecule is O=C(O)c1cc(C(=O)c2ccccn2)c2cccc(C(F)(F)F)c2n1. The maximum atomic E-state index is 13.2. The zero-order valence-electron chi connectivity index (χ0n) is 12.4. The number of hydrogen-bond donors (Lipinski definition) is 1. The summed E-state index contributed by atoms with van der Waals surface area (Å²) in [5.41, 5.74) is -2.56. The number of carboxylic acid groups (broad SMARTS) is 1. The van der Waals surface area contributed by atoms with Crippen molar-refractivity contribution in [1.29, 1.82) is 0 Å². The van der Waals surface area contributed by atoms with Crippen molar-refractivity contribution < 1.29 is 27.9 Å². The Bertz CT molecular complexity index is 986. The van der Waals surface area contributed by atoms with Gasteiger partial charge < -0.3 is 5.11 Å². The predicted octanol–water partition coefficient (Wildman–Crippen LogP) is 3.58. The number of aromatic nitrogens is 2. The molecule has 0 fully saturated rings. The first-order chi connectivity index (χ1) is 11.8. The molecule has 0 aliphatic carbocycles. The summed E-state index contributed by atoms with van der Waals surface area (Å²) in [5, 5.41) is 9.06. The minimum Gasteiger partial charge on any atom is -0.477 e. The van der Waals surface area contributed by atoms with Crippen molar-refractivity contribution in [2.75, 3.05) is 0 Å². The van der Waals surface area contributed by atoms with Crippen LogP contribution in [0, 0.1) is 0 Å². The number of carbonyl (C=O) groups excluding carboxylic acids is 1. The molecule has 0 saturated carbocycles. The van der Waals surface area contributed by atoms with Gasteiger partial charge in [0.15, 0.2) is 0 Å². The molecule has 0 saturated heterocycles. The summed E-state index contributed by atoms with van der Waals surface area (Å²) in [6.07, 6.45) is -3.38. The van der Waals surface area contributed by atoms with Crippen LogP contribution in [0.1, 0.15) is 32.1 Å². The van der Waals surface area contributed by atoms with Crippen LogP contribution in [0.25, 0.3) is 10.9 Å². The highest BCUT2D eigenvalue weighted by Gasteiger charge is 2.34. The van der Waals surface area contributed by atoms with Crippen molar-refractivity contribution in [2.45, 2.75) is 6.18 Å². The molecule has 8 heteroatoms. The lowest BCUT2D eigenvalue weighted by Crippen LogP contribution is -2.12. The third kappa shape index (κ3) is 3.06. The van der Waals surface area contributed by atoms with E-state index >= 15 is 0 Å². The summed E-state index contributed by atoms with van der Waals surface area (Å²) in [6, 6.07) is 8.69. The molecule has 126 valence electrons. The number of pyridine rings is 2. The second-order valence-electron chi connectivity index (χ2n) is 5.10. The Morgan fingerprint density at radius 2 is 1.76 bits per heavy atom. The zero-order chi connectivity index (χ0) is 18.2. The monoisotopic (exact) mass is 346 g/mol. The average Bonchev–Trinajstić information content (AvgIpc) is 2.59. The van der Waals surface area contributed by atoms with Crippen LogP contribution in [0.15, 0.2) is 48.7 Å². The van der Waals surface area contributed by atoms with Gasteiger partial charge in [0.25, 0.3) is 0 Å². The van der Waals surface area contributed by atoms with E-state index in [1.54, 1.807) is 12.1 Å². The Hall–Kier alpha value is -3.29. The number of rotatable bonds is 3. The predicted molar refractivity (Wildman–Crippen MR) is 81.4 cm³/mol. The van der Waals surface area contributed by atoms with Crippen molar-refractivity contribution in [3.8, 4) is 0 Å². The Balaban J connectivity index is 2.35. The highest BCUT2D eigenvalue weighted by molar-refractivity contribution is 6.16. The van der Waals surface area contributed by atoms with Crippen LogP contribution in [0.3, 0.4) is 0 Å². The van der Waals surface area contributed by atoms with Crippen LogP contribution >= 0.6 is 0 Å². The lowest BCUT2D eigenvalue weighted by atomic mass is 9.99. The molecule has 0 unspecified atom stereocenters. The van der Waals surface area contributed by atoms with Gasteiger partial charge in [0.1, 0.15) is 11.4 Å². The maximum Gasteiger partial charge on any atom is 0.418 e. The van der Waals surface area contributed by atoms with Crippen LogP contribution in [0.2, 0.25) is 0 Å². The molecule has 0 amide bonds. The van der Waals surface area contributed by atoms with Crippen molar-refractivity contribution in [3.05, 3.63) is 71.2 Å². The number of hydrogen-bond acceptors (Lipinski definition) is 4. The lowest BCUT2D eigenvalue weighted by Gasteiger charge is -2.12. The molecular formula is C17H9F3N2O3. The van der Waals surface area contributed by atoms with Gasteiger partial charge in [-0.2, -0.15) is 13.2 Å². The number of aromatic carboxylic acids is 1. The van der Waals surface area contributed by atoms with E-state index in [4.69, 9.17) is 5.11 Å². The number of halogens is 3. The molecule has 5 nitrogen and oxygen atoms in total. The molecule has 0 radical (unpaired) electrons. The molecule has 0 aliphatic rings. The van der Waals surface area contributed by atoms with Gasteiger partial charge in [-0.25, -0.2) is 9.78 Å². The molecule has 2 aromatic heterocycles. The minimum atomic E-state index is -4.74. The number of nitrogens with zero attached hydrogens (tertiary/aromatic N) is 2. The number of fused-ring (bicyclic) bond motifs is 1. The summed E-state index contributed by atoms with van der Waals surface area (Å²) in [6.45, 7) is 0. The zero-order valence-corrected chi connectivity index (χ0v) is 12.4. The topological polar surface area (TPSA) is 80.1 Å². The molecule has 25 heavy (non-hydrogen) atoms. The molecule has 3 rings (SSSR count). The van der Waals surface area contributed by atoms with E-state index in [2.05, 4.69) is 9.97 Å². The molecule has 2 heterocycles. The second-order valence-corrected chi connectivity index (χ2v) is 5.10. The van der Waals surface area contributed by atoms with Crippen molar-refractivity contribution in [1.82, 2.24) is 9.97 Å². The summed E-state index contributed by atoms with van der Waals surface area (Å²) in [7, 11) is 0. The van der Waals surface area contributed by atoms with Crippen molar-refractivity contribution >= 4 is 22.7 Å². The summed E-state index contributed by atoms with van der Waals surface area (Å²) >= 11 is 0. The van der Waals surface area contributed by atoms with Gasteiger partial charge in [0.2, 0.25) is 5.78 Å². The molecule has 3 aromatic rings. The number of benzene rings is 1. The average molecular weight is 346 g/mol. The van der Waals surface area contributed by atoms with E-state index in [0.717, 1.165) is 18.2 Å². The maximum absolute atomic E-state index is 13.2. The molecular weight excluding hydrogens is 337 g/mol. The van der Waals surface area contributed by atoms with Gasteiger partial charge in [-0.3, -0.25) is 9.78 Å². The van der Waals surface area contributed by atoms with Crippen molar-refractivity contribution in [3.63, 3.8) is 0 Å². The van der Waals surface area contributed by atoms with Crippen LogP contribution in [0.5, 0.6) is 0 Å². The quantitative estimate of drug-likeness (QED) is 0.733. The highest BCUT2D eigenvalue weighted by atomic mass is 19.4. The number of para-hydroxylation sites is 1. The minimum absolute atomic E-state index is 0.0104. The van der Waals surface area contributed by atoms with E-state index in [0.29, 0.717) is 0 Å². The Morgan fingerprint density at radius 1 is 1.00 bits per heavy atom. The van der Waals surface area contributed by atoms with Gasteiger partial charge in [0, 0.05) is 17.1 Å². The first kappa shape index (κ1) is 16.6. The molecule has 0 spiro atoms. The van der Waals surface area contributed by atoms with Gasteiger partial charge in [-0.1, -0.05) is 18.2 Å². The first-order valence-electron chi connectivity index (χ1n) is 6.99. The van der Waals surface area contributed by atoms with E-state index in [9.17, 15) is 22.8 Å². The number of carbonyl (C=O) groups is 2. The lowest BCUT2D eigenvalue weighted by molar-refractivity contribution is -0.136. The fourth-order valence-electron chi connectivity index (χ4n) is 2.41. The van der Waals surface area contributed by atoms with Gasteiger partial charge in [0.05, 0.1) is 11.1 Å². The fourth-order valence-corrected chi connectivity index (χ4v) is 2.41. The summed E-state index contributed by atoms with van der Waals surface area (Å²) < 4.78 is 39.7. The molecule has 0 aliphatic heterocycles. The highest BCUT2D eigenvalue weighted by Crippen LogP contribution is 2.35. The van der Waals surface area contributed by atoms with Crippen LogP contribution in [-0.4, -0.2) is 26.8 Å². The summed E-state index contributed by atoms with van der Waals surface area (Å²) in [5.74, 6) is -2.22. The van der Waals surface area contributed by atoms with Gasteiger partial charge >= 0.3 is 12.1 Å². The standard InChI is InChI=1S/C17H9F3N2O3/c18-17(19,20)11-5-3-4-9-10(8-13(16(24)25)22-14(9)11)15(23)12-6-1-2-7-21-12/h1-8H,(H,24,25). The van der Waals surface area contributed by atoms with E-state index < -0.39 is 34.7 Å². The first-order valence-corrected chi connectivity index (χ1v) is 6.99. The molecule has 1 aromatic carbocycles. The molecule has 0 atom stereocenters. The number of carboxylic acids is 1. The van der Waals surface area contributed by atoms with Crippen molar-refractivity contribution in [2.24, 2.45) is 0 Å². The smallest absolute Gasteiger partial charge is 0.418 e. The van der Waals surface area contributed by atoms with E-state index in [1.165, 1.54) is 18.3 Å². The van der Waals surface area contributed by atoms with Crippen LogP contribution in [-0.2, 0) is 6.18 Å². The largest absolute Gasteiger partial charge is 0.477 e. The molecule has 1 N–H and O–H groups in total. The van der Waals surface area contributed by atoms with Crippen LogP contribution < -0.4 is 0 Å². The Kier molecular flexibility index (Phi) is 3.96. The van der Waals surface area contributed by atoms with Crippen LogP contribution in [0.4, 0.5) is 13.2 Å². The Labute approximate surface area is 138 Å². The second kappa shape index (κ2) is 5.97. The Morgan fingerprint density at radius 3 is 2.36 bits per heavy atom. The molecule has 0 bridgehead atoms. The van der Waals surface area contributed by atoms with Gasteiger partial charge in [-0.15, -0.1) is 0 Å². The van der Waals surface area contributed by atoms with E-state index in [1.807, 2.05) is 0 Å². The summed E-state index contributed by atoms with van der Waals surface area (Å²) in [4.78, 5) is 31.3. The third-order valence-corrected chi connectivity index (χ3v) is 3.51. The fraction of sp³-hybridized carbons (Fsp3) is 0.0588. The normalized spacial score (nSPS) is 11.5.